The SMILES string of the molecule is COCCc1cc(N)cc2[nH]ccc12. The summed E-state index contributed by atoms with van der Waals surface area (Å²) in [5, 5.41) is 1.23. The van der Waals surface area contributed by atoms with Gasteiger partial charge in [-0.05, 0) is 30.2 Å². The van der Waals surface area contributed by atoms with E-state index < -0.39 is 0 Å². The Morgan fingerprint density at radius 2 is 2.29 bits per heavy atom. The molecule has 0 aliphatic heterocycles. The molecule has 0 saturated heterocycles. The van der Waals surface area contributed by atoms with Gasteiger partial charge in [-0.15, -0.1) is 0 Å². The van der Waals surface area contributed by atoms with Crippen molar-refractivity contribution in [1.82, 2.24) is 4.98 Å². The maximum absolute atomic E-state index is 5.79. The lowest BCUT2D eigenvalue weighted by Crippen LogP contribution is -1.96. The number of fused-ring (bicyclic) bond motifs is 1. The topological polar surface area (TPSA) is 51.0 Å². The van der Waals surface area contributed by atoms with Gasteiger partial charge in [-0.1, -0.05) is 0 Å². The van der Waals surface area contributed by atoms with Crippen molar-refractivity contribution in [3.63, 3.8) is 0 Å². The number of aromatic amines is 1. The Bertz CT molecular complexity index is 434. The van der Waals surface area contributed by atoms with E-state index in [4.69, 9.17) is 10.5 Å². The number of rotatable bonds is 3. The highest BCUT2D eigenvalue weighted by atomic mass is 16.5. The maximum Gasteiger partial charge on any atom is 0.0502 e. The smallest absolute Gasteiger partial charge is 0.0502 e. The van der Waals surface area contributed by atoms with E-state index in [1.165, 1.54) is 10.9 Å². The Balaban J connectivity index is 2.44. The Kier molecular flexibility index (Phi) is 2.41. The van der Waals surface area contributed by atoms with Gasteiger partial charge in [0.2, 0.25) is 0 Å². The summed E-state index contributed by atoms with van der Waals surface area (Å²) < 4.78 is 5.06. The first kappa shape index (κ1) is 9.09. The molecule has 14 heavy (non-hydrogen) atoms. The third kappa shape index (κ3) is 1.59. The van der Waals surface area contributed by atoms with Gasteiger partial charge in [-0.2, -0.15) is 0 Å². The number of nitrogens with one attached hydrogen (secondary N) is 1. The molecule has 1 heterocycles. The van der Waals surface area contributed by atoms with Gasteiger partial charge >= 0.3 is 0 Å². The van der Waals surface area contributed by atoms with E-state index >= 15 is 0 Å². The summed E-state index contributed by atoms with van der Waals surface area (Å²) in [4.78, 5) is 3.16. The summed E-state index contributed by atoms with van der Waals surface area (Å²) in [5.41, 5.74) is 8.92. The molecular formula is C11H14N2O. The molecule has 2 rings (SSSR count). The second-order valence-corrected chi connectivity index (χ2v) is 3.36. The second-order valence-electron chi connectivity index (χ2n) is 3.36. The van der Waals surface area contributed by atoms with Crippen LogP contribution in [0, 0.1) is 0 Å². The van der Waals surface area contributed by atoms with Crippen molar-refractivity contribution < 1.29 is 4.74 Å². The van der Waals surface area contributed by atoms with Crippen molar-refractivity contribution in [3.05, 3.63) is 30.0 Å². The number of hydrogen-bond acceptors (Lipinski definition) is 2. The Morgan fingerprint density at radius 3 is 3.07 bits per heavy atom. The lowest BCUT2D eigenvalue weighted by atomic mass is 10.1. The molecule has 0 saturated carbocycles. The normalized spacial score (nSPS) is 10.9. The molecule has 3 N–H and O–H groups in total. The summed E-state index contributed by atoms with van der Waals surface area (Å²) in [6.45, 7) is 0.726. The quantitative estimate of drug-likeness (QED) is 0.727. The molecule has 0 fully saturated rings. The maximum atomic E-state index is 5.79. The molecule has 0 radical (unpaired) electrons. The fourth-order valence-corrected chi connectivity index (χ4v) is 1.69. The van der Waals surface area contributed by atoms with Crippen LogP contribution in [0.4, 0.5) is 5.69 Å². The summed E-state index contributed by atoms with van der Waals surface area (Å²) in [6, 6.07) is 6.03. The van der Waals surface area contributed by atoms with Crippen molar-refractivity contribution >= 4 is 16.6 Å². The largest absolute Gasteiger partial charge is 0.399 e. The molecule has 0 aliphatic rings. The van der Waals surface area contributed by atoms with Crippen molar-refractivity contribution in [2.24, 2.45) is 0 Å². The first-order valence-corrected chi connectivity index (χ1v) is 4.65. The standard InChI is InChI=1S/C11H14N2O/c1-14-5-3-8-6-9(12)7-11-10(8)2-4-13-11/h2,4,6-7,13H,3,5,12H2,1H3. The van der Waals surface area contributed by atoms with E-state index in [-0.39, 0.29) is 0 Å². The molecular weight excluding hydrogens is 176 g/mol. The number of benzene rings is 1. The summed E-state index contributed by atoms with van der Waals surface area (Å²) >= 11 is 0. The van der Waals surface area contributed by atoms with Crippen molar-refractivity contribution in [1.29, 1.82) is 0 Å². The van der Waals surface area contributed by atoms with E-state index in [1.807, 2.05) is 18.3 Å². The minimum absolute atomic E-state index is 0.726. The fourth-order valence-electron chi connectivity index (χ4n) is 1.69. The Hall–Kier alpha value is -1.48. The lowest BCUT2D eigenvalue weighted by Gasteiger charge is -2.04. The Labute approximate surface area is 82.9 Å². The number of nitrogen functional groups attached to an aromatic ring is 1. The van der Waals surface area contributed by atoms with Crippen LogP contribution in [0.5, 0.6) is 0 Å². The van der Waals surface area contributed by atoms with Gasteiger partial charge in [0, 0.05) is 29.9 Å². The number of anilines is 1. The molecule has 0 amide bonds. The highest BCUT2D eigenvalue weighted by Gasteiger charge is 2.03. The van der Waals surface area contributed by atoms with E-state index in [0.29, 0.717) is 0 Å². The fraction of sp³-hybridized carbons (Fsp3) is 0.273. The van der Waals surface area contributed by atoms with Crippen LogP contribution in [0.15, 0.2) is 24.4 Å². The van der Waals surface area contributed by atoms with Crippen molar-refractivity contribution in [3.8, 4) is 0 Å². The minimum atomic E-state index is 0.726. The molecule has 3 heteroatoms. The number of nitrogens with two attached hydrogens (primary N) is 1. The molecule has 3 nitrogen and oxygen atoms in total. The van der Waals surface area contributed by atoms with Gasteiger partial charge < -0.3 is 15.5 Å². The average molecular weight is 190 g/mol. The van der Waals surface area contributed by atoms with Crippen molar-refractivity contribution in [2.75, 3.05) is 19.5 Å². The van der Waals surface area contributed by atoms with E-state index in [2.05, 4.69) is 11.1 Å². The number of methoxy groups -OCH3 is 1. The van der Waals surface area contributed by atoms with Crippen LogP contribution in [0.3, 0.4) is 0 Å². The zero-order valence-electron chi connectivity index (χ0n) is 8.21. The second kappa shape index (κ2) is 3.72. The van der Waals surface area contributed by atoms with Crippen LogP contribution in [-0.2, 0) is 11.2 Å². The minimum Gasteiger partial charge on any atom is -0.399 e. The molecule has 1 aromatic carbocycles. The number of hydrogen-bond donors (Lipinski definition) is 2. The zero-order chi connectivity index (χ0) is 9.97. The third-order valence-corrected chi connectivity index (χ3v) is 2.35. The van der Waals surface area contributed by atoms with Gasteiger partial charge in [0.25, 0.3) is 0 Å². The van der Waals surface area contributed by atoms with Gasteiger partial charge in [0.1, 0.15) is 0 Å². The number of aromatic nitrogens is 1. The predicted octanol–water partition coefficient (Wildman–Crippen LogP) is 1.94. The van der Waals surface area contributed by atoms with Crippen LogP contribution in [0.2, 0.25) is 0 Å². The molecule has 0 unspecified atom stereocenters. The monoisotopic (exact) mass is 190 g/mol. The van der Waals surface area contributed by atoms with Crippen LogP contribution >= 0.6 is 0 Å². The van der Waals surface area contributed by atoms with Crippen molar-refractivity contribution in [2.45, 2.75) is 6.42 Å². The molecule has 0 bridgehead atoms. The van der Waals surface area contributed by atoms with Crippen LogP contribution in [0.25, 0.3) is 10.9 Å². The molecule has 74 valence electrons. The first-order valence-electron chi connectivity index (χ1n) is 4.65. The third-order valence-electron chi connectivity index (χ3n) is 2.35. The van der Waals surface area contributed by atoms with Gasteiger partial charge in [-0.3, -0.25) is 0 Å². The number of H-pyrrole nitrogens is 1. The van der Waals surface area contributed by atoms with Crippen LogP contribution in [0.1, 0.15) is 5.56 Å². The molecule has 0 spiro atoms. The average Bonchev–Trinajstić information content (AvgIpc) is 2.61. The first-order chi connectivity index (χ1) is 6.81. The highest BCUT2D eigenvalue weighted by Crippen LogP contribution is 2.21. The van der Waals surface area contributed by atoms with Gasteiger partial charge in [0.05, 0.1) is 6.61 Å². The lowest BCUT2D eigenvalue weighted by molar-refractivity contribution is 0.202. The van der Waals surface area contributed by atoms with Gasteiger partial charge in [-0.25, -0.2) is 0 Å². The van der Waals surface area contributed by atoms with Crippen LogP contribution < -0.4 is 5.73 Å². The van der Waals surface area contributed by atoms with E-state index in [9.17, 15) is 0 Å². The van der Waals surface area contributed by atoms with Crippen LogP contribution in [-0.4, -0.2) is 18.7 Å². The van der Waals surface area contributed by atoms with Gasteiger partial charge in [0.15, 0.2) is 0 Å². The van der Waals surface area contributed by atoms with E-state index in [0.717, 1.165) is 24.2 Å². The summed E-state index contributed by atoms with van der Waals surface area (Å²) in [5.74, 6) is 0. The summed E-state index contributed by atoms with van der Waals surface area (Å²) in [7, 11) is 1.71. The molecule has 2 aromatic rings. The molecule has 0 aliphatic carbocycles. The Morgan fingerprint density at radius 1 is 1.43 bits per heavy atom. The predicted molar refractivity (Wildman–Crippen MR) is 58.3 cm³/mol. The molecule has 1 aromatic heterocycles. The highest BCUT2D eigenvalue weighted by molar-refractivity contribution is 5.86. The molecule has 0 atom stereocenters. The number of ether oxygens (including phenoxy) is 1. The zero-order valence-corrected chi connectivity index (χ0v) is 8.21. The van der Waals surface area contributed by atoms with E-state index in [1.54, 1.807) is 7.11 Å². The summed E-state index contributed by atoms with van der Waals surface area (Å²) in [6.07, 6.45) is 2.83.